The largest absolute Gasteiger partial charge is 0.493 e. The molecule has 0 saturated heterocycles. The van der Waals surface area contributed by atoms with Crippen molar-refractivity contribution in [1.82, 2.24) is 0 Å². The summed E-state index contributed by atoms with van der Waals surface area (Å²) in [6.07, 6.45) is 0. The molecule has 7 nitrogen and oxygen atoms in total. The minimum atomic E-state index is -0.392. The van der Waals surface area contributed by atoms with Crippen molar-refractivity contribution < 1.29 is 28.5 Å². The van der Waals surface area contributed by atoms with Crippen LogP contribution in [0.15, 0.2) is 59.1 Å². The highest BCUT2D eigenvalue weighted by Gasteiger charge is 2.21. The molecule has 0 aliphatic carbocycles. The number of anilines is 1. The van der Waals surface area contributed by atoms with E-state index < -0.39 is 5.91 Å². The number of ether oxygens (including phenoxy) is 4. The van der Waals surface area contributed by atoms with E-state index in [1.807, 2.05) is 19.1 Å². The molecule has 0 saturated carbocycles. The second-order valence-electron chi connectivity index (χ2n) is 7.08. The predicted octanol–water partition coefficient (Wildman–Crippen LogP) is 5.03. The van der Waals surface area contributed by atoms with Crippen molar-refractivity contribution in [2.45, 2.75) is 6.92 Å². The van der Waals surface area contributed by atoms with E-state index in [1.54, 1.807) is 42.5 Å². The summed E-state index contributed by atoms with van der Waals surface area (Å²) in [5.74, 6) is 0.953. The van der Waals surface area contributed by atoms with Crippen molar-refractivity contribution >= 4 is 33.3 Å². The maximum Gasteiger partial charge on any atom is 0.262 e. The number of hydrogen-bond donors (Lipinski definition) is 1. The van der Waals surface area contributed by atoms with Crippen LogP contribution in [0.3, 0.4) is 0 Å². The van der Waals surface area contributed by atoms with Gasteiger partial charge in [-0.15, -0.1) is 0 Å². The van der Waals surface area contributed by atoms with Gasteiger partial charge in [-0.1, -0.05) is 33.6 Å². The standard InChI is InChI=1S/C25H24BrNO6/c1-15-5-8-18(9-6-15)33-14-23(28)27-20-10-7-17(26)13-19(20)24(29)16-11-21(30-2)25(32-4)22(12-16)31-3/h5-13H,14H2,1-4H3,(H,27,28). The molecule has 0 aliphatic rings. The Morgan fingerprint density at radius 2 is 1.52 bits per heavy atom. The van der Waals surface area contributed by atoms with Gasteiger partial charge >= 0.3 is 0 Å². The minimum absolute atomic E-state index is 0.197. The number of nitrogens with one attached hydrogen (secondary N) is 1. The molecule has 8 heteroatoms. The van der Waals surface area contributed by atoms with E-state index in [0.29, 0.717) is 44.3 Å². The SMILES string of the molecule is COc1cc(C(=O)c2cc(Br)ccc2NC(=O)COc2ccc(C)cc2)cc(OC)c1OC. The zero-order valence-electron chi connectivity index (χ0n) is 18.7. The summed E-state index contributed by atoms with van der Waals surface area (Å²) in [4.78, 5) is 25.9. The third kappa shape index (κ3) is 5.84. The fourth-order valence-corrected chi connectivity index (χ4v) is 3.51. The summed E-state index contributed by atoms with van der Waals surface area (Å²) >= 11 is 3.39. The van der Waals surface area contributed by atoms with Crippen molar-refractivity contribution in [3.05, 3.63) is 75.8 Å². The summed E-state index contributed by atoms with van der Waals surface area (Å²) in [6.45, 7) is 1.77. The van der Waals surface area contributed by atoms with E-state index in [1.165, 1.54) is 21.3 Å². The van der Waals surface area contributed by atoms with Crippen LogP contribution in [0.2, 0.25) is 0 Å². The fraction of sp³-hybridized carbons (Fsp3) is 0.200. The van der Waals surface area contributed by atoms with Crippen LogP contribution in [0, 0.1) is 6.92 Å². The minimum Gasteiger partial charge on any atom is -0.493 e. The summed E-state index contributed by atoms with van der Waals surface area (Å²) in [6, 6.07) is 15.5. The van der Waals surface area contributed by atoms with E-state index in [9.17, 15) is 9.59 Å². The van der Waals surface area contributed by atoms with Crippen molar-refractivity contribution in [1.29, 1.82) is 0 Å². The molecule has 0 unspecified atom stereocenters. The van der Waals surface area contributed by atoms with Gasteiger partial charge in [0.25, 0.3) is 5.91 Å². The Balaban J connectivity index is 1.85. The van der Waals surface area contributed by atoms with Crippen LogP contribution in [0.25, 0.3) is 0 Å². The van der Waals surface area contributed by atoms with Crippen LogP contribution < -0.4 is 24.3 Å². The zero-order chi connectivity index (χ0) is 24.0. The number of carbonyl (C=O) groups is 2. The topological polar surface area (TPSA) is 83.1 Å². The van der Waals surface area contributed by atoms with E-state index in [-0.39, 0.29) is 12.4 Å². The normalized spacial score (nSPS) is 10.3. The van der Waals surface area contributed by atoms with Gasteiger partial charge in [-0.3, -0.25) is 9.59 Å². The van der Waals surface area contributed by atoms with Gasteiger partial charge in [-0.25, -0.2) is 0 Å². The maximum atomic E-state index is 13.4. The molecule has 0 aromatic heterocycles. The summed E-state index contributed by atoms with van der Waals surface area (Å²) in [5.41, 5.74) is 2.06. The molecule has 1 amide bonds. The highest BCUT2D eigenvalue weighted by atomic mass is 79.9. The first-order valence-corrected chi connectivity index (χ1v) is 10.8. The third-order valence-corrected chi connectivity index (χ3v) is 5.31. The van der Waals surface area contributed by atoms with Crippen molar-refractivity contribution in [3.8, 4) is 23.0 Å². The lowest BCUT2D eigenvalue weighted by atomic mass is 10.0. The molecular formula is C25H24BrNO6. The Morgan fingerprint density at radius 1 is 0.879 bits per heavy atom. The predicted molar refractivity (Wildman–Crippen MR) is 129 cm³/mol. The van der Waals surface area contributed by atoms with Crippen molar-refractivity contribution in [2.75, 3.05) is 33.3 Å². The molecule has 0 aliphatic heterocycles. The number of ketones is 1. The summed E-state index contributed by atoms with van der Waals surface area (Å²) in [7, 11) is 4.44. The average molecular weight is 514 g/mol. The van der Waals surface area contributed by atoms with Crippen LogP contribution in [-0.4, -0.2) is 39.6 Å². The molecule has 3 rings (SSSR count). The highest BCUT2D eigenvalue weighted by Crippen LogP contribution is 2.39. The number of carbonyl (C=O) groups excluding carboxylic acids is 2. The molecule has 0 heterocycles. The number of benzene rings is 3. The van der Waals surface area contributed by atoms with Crippen LogP contribution >= 0.6 is 15.9 Å². The number of rotatable bonds is 9. The number of hydrogen-bond acceptors (Lipinski definition) is 6. The molecule has 0 atom stereocenters. The molecular weight excluding hydrogens is 490 g/mol. The molecule has 1 N–H and O–H groups in total. The van der Waals surface area contributed by atoms with Gasteiger partial charge in [0.15, 0.2) is 23.9 Å². The van der Waals surface area contributed by atoms with Gasteiger partial charge in [0, 0.05) is 15.6 Å². The van der Waals surface area contributed by atoms with Crippen LogP contribution in [0.1, 0.15) is 21.5 Å². The summed E-state index contributed by atoms with van der Waals surface area (Å²) in [5, 5.41) is 2.76. The van der Waals surface area contributed by atoms with E-state index >= 15 is 0 Å². The summed E-state index contributed by atoms with van der Waals surface area (Å²) < 4.78 is 22.3. The number of methoxy groups -OCH3 is 3. The smallest absolute Gasteiger partial charge is 0.262 e. The van der Waals surface area contributed by atoms with Gasteiger partial charge < -0.3 is 24.3 Å². The molecule has 0 bridgehead atoms. The second kappa shape index (κ2) is 10.9. The lowest BCUT2D eigenvalue weighted by Crippen LogP contribution is -2.21. The first kappa shape index (κ1) is 24.1. The van der Waals surface area contributed by atoms with Gasteiger partial charge in [-0.2, -0.15) is 0 Å². The number of halogens is 1. The Labute approximate surface area is 200 Å². The van der Waals surface area contributed by atoms with E-state index in [2.05, 4.69) is 21.2 Å². The average Bonchev–Trinajstić information content (AvgIpc) is 2.83. The first-order valence-electron chi connectivity index (χ1n) is 9.99. The van der Waals surface area contributed by atoms with Gasteiger partial charge in [0.1, 0.15) is 5.75 Å². The monoisotopic (exact) mass is 513 g/mol. The highest BCUT2D eigenvalue weighted by molar-refractivity contribution is 9.10. The van der Waals surface area contributed by atoms with Crippen LogP contribution in [-0.2, 0) is 4.79 Å². The molecule has 3 aromatic carbocycles. The Bertz CT molecular complexity index is 1140. The Morgan fingerprint density at radius 3 is 2.09 bits per heavy atom. The molecule has 3 aromatic rings. The van der Waals surface area contributed by atoms with Crippen LogP contribution in [0.5, 0.6) is 23.0 Å². The first-order chi connectivity index (χ1) is 15.9. The number of amides is 1. The molecule has 0 radical (unpaired) electrons. The van der Waals surface area contributed by atoms with Gasteiger partial charge in [0.2, 0.25) is 5.75 Å². The van der Waals surface area contributed by atoms with Crippen LogP contribution in [0.4, 0.5) is 5.69 Å². The lowest BCUT2D eigenvalue weighted by Gasteiger charge is -2.15. The van der Waals surface area contributed by atoms with Crippen molar-refractivity contribution in [3.63, 3.8) is 0 Å². The van der Waals surface area contributed by atoms with Gasteiger partial charge in [0.05, 0.1) is 27.0 Å². The maximum absolute atomic E-state index is 13.4. The Kier molecular flexibility index (Phi) is 7.95. The molecule has 0 spiro atoms. The van der Waals surface area contributed by atoms with E-state index in [4.69, 9.17) is 18.9 Å². The molecule has 0 fully saturated rings. The molecule has 172 valence electrons. The third-order valence-electron chi connectivity index (χ3n) is 4.82. The Hall–Kier alpha value is -3.52. The number of aryl methyl sites for hydroxylation is 1. The lowest BCUT2D eigenvalue weighted by molar-refractivity contribution is -0.118. The zero-order valence-corrected chi connectivity index (χ0v) is 20.3. The van der Waals surface area contributed by atoms with Crippen molar-refractivity contribution in [2.24, 2.45) is 0 Å². The fourth-order valence-electron chi connectivity index (χ4n) is 3.15. The quantitative estimate of drug-likeness (QED) is 0.404. The molecule has 33 heavy (non-hydrogen) atoms. The van der Waals surface area contributed by atoms with E-state index in [0.717, 1.165) is 5.56 Å². The second-order valence-corrected chi connectivity index (χ2v) is 8.00. The van der Waals surface area contributed by atoms with Gasteiger partial charge in [-0.05, 0) is 49.4 Å².